The molecule has 1 aliphatic rings. The molecule has 0 bridgehead atoms. The van der Waals surface area contributed by atoms with Crippen LogP contribution in [0.4, 0.5) is 5.82 Å². The highest BCUT2D eigenvalue weighted by Crippen LogP contribution is 2.46. The number of nitrogen functional groups attached to an aromatic ring is 1. The molecule has 0 aliphatic carbocycles. The molecule has 58 heavy (non-hydrogen) atoms. The van der Waals surface area contributed by atoms with Crippen molar-refractivity contribution in [2.75, 3.05) is 45.3 Å². The largest absolute Gasteiger partial charge is 0.492 e. The summed E-state index contributed by atoms with van der Waals surface area (Å²) in [6.07, 6.45) is 17.1. The number of aliphatic hydroxyl groups is 2. The first-order valence-electron chi connectivity index (χ1n) is 21.0. The molecule has 0 spiro atoms. The summed E-state index contributed by atoms with van der Waals surface area (Å²) in [4.78, 5) is 26.3. The first-order chi connectivity index (χ1) is 28.0. The molecule has 1 aromatic carbocycles. The van der Waals surface area contributed by atoms with Gasteiger partial charge in [0.2, 0.25) is 0 Å². The van der Waals surface area contributed by atoms with Gasteiger partial charge in [-0.3, -0.25) is 9.05 Å². The van der Waals surface area contributed by atoms with Crippen molar-refractivity contribution >= 4 is 25.1 Å². The van der Waals surface area contributed by atoms with Gasteiger partial charge in [-0.1, -0.05) is 115 Å². The molecule has 1 fully saturated rings. The summed E-state index contributed by atoms with van der Waals surface area (Å²) < 4.78 is 42.9. The molecule has 4 rings (SSSR count). The van der Waals surface area contributed by atoms with Crippen LogP contribution in [0.1, 0.15) is 126 Å². The molecule has 326 valence electrons. The van der Waals surface area contributed by atoms with Gasteiger partial charge in [-0.25, -0.2) is 18.9 Å². The Hall–Kier alpha value is -3.18. The van der Waals surface area contributed by atoms with Crippen LogP contribution < -0.4 is 16.2 Å². The summed E-state index contributed by atoms with van der Waals surface area (Å²) >= 11 is 0. The summed E-state index contributed by atoms with van der Waals surface area (Å²) in [6, 6.07) is 9.39. The Balaban J connectivity index is 1.20. The van der Waals surface area contributed by atoms with Gasteiger partial charge in [0.05, 0.1) is 32.1 Å². The Morgan fingerprint density at radius 3 is 2.14 bits per heavy atom. The van der Waals surface area contributed by atoms with Crippen LogP contribution in [0.15, 0.2) is 42.7 Å². The molecule has 0 saturated carbocycles. The molecular weight excluding hydrogens is 769 g/mol. The van der Waals surface area contributed by atoms with Gasteiger partial charge < -0.3 is 45.9 Å². The molecule has 0 radical (unpaired) electrons. The quantitative estimate of drug-likeness (QED) is 0.0304. The molecule has 1 aliphatic heterocycles. The van der Waals surface area contributed by atoms with Crippen molar-refractivity contribution in [2.45, 2.75) is 134 Å². The zero-order valence-electron chi connectivity index (χ0n) is 34.0. The lowest BCUT2D eigenvalue weighted by Gasteiger charge is -2.30. The van der Waals surface area contributed by atoms with Gasteiger partial charge in [0, 0.05) is 19.1 Å². The molecule has 16 nitrogen and oxygen atoms in total. The van der Waals surface area contributed by atoms with Crippen molar-refractivity contribution in [3.8, 4) is 5.75 Å². The van der Waals surface area contributed by atoms with Gasteiger partial charge in [0.25, 0.3) is 0 Å². The van der Waals surface area contributed by atoms with Gasteiger partial charge in [-0.2, -0.15) is 5.10 Å². The number of aromatic nitrogens is 3. The van der Waals surface area contributed by atoms with Crippen LogP contribution in [-0.4, -0.2) is 98.7 Å². The Morgan fingerprint density at radius 1 is 0.897 bits per heavy atom. The van der Waals surface area contributed by atoms with Crippen molar-refractivity contribution in [3.63, 3.8) is 0 Å². The van der Waals surface area contributed by atoms with Crippen molar-refractivity contribution < 1.29 is 52.8 Å². The number of hydrogen-bond acceptors (Lipinski definition) is 13. The average molecular weight is 836 g/mol. The Kier molecular flexibility index (Phi) is 20.3. The SMILES string of the molecule is CCCCCCCCCCCCCCCCCCOC[C@@H](COc1ccccc1C(=O)O)COP(=O)(O)OC[C@H]1O[C@@](CN)(c2ccc3c(N)ncnn23)[C@H](O)[C@@H]1O. The number of carbonyl (C=O) groups is 1. The zero-order chi connectivity index (χ0) is 41.8. The van der Waals surface area contributed by atoms with Gasteiger partial charge in [0.15, 0.2) is 11.4 Å². The number of carboxylic acid groups (broad SMARTS) is 1. The topological polar surface area (TPSA) is 243 Å². The maximum absolute atomic E-state index is 13.1. The Bertz CT molecular complexity index is 1700. The predicted molar refractivity (Wildman–Crippen MR) is 219 cm³/mol. The average Bonchev–Trinajstić information content (AvgIpc) is 3.76. The number of carboxylic acids is 1. The number of ether oxygens (including phenoxy) is 3. The molecule has 2 aromatic heterocycles. The molecule has 6 atom stereocenters. The number of aliphatic hydroxyl groups excluding tert-OH is 2. The molecular formula is C41H66N5O11P. The van der Waals surface area contributed by atoms with E-state index in [4.69, 9.17) is 34.7 Å². The monoisotopic (exact) mass is 835 g/mol. The van der Waals surface area contributed by atoms with E-state index in [0.717, 1.165) is 19.3 Å². The van der Waals surface area contributed by atoms with Gasteiger partial charge in [-0.15, -0.1) is 0 Å². The van der Waals surface area contributed by atoms with Crippen LogP contribution in [0.3, 0.4) is 0 Å². The van der Waals surface area contributed by atoms with E-state index < -0.39 is 50.2 Å². The Labute approximate surface area is 342 Å². The maximum atomic E-state index is 13.1. The van der Waals surface area contributed by atoms with E-state index in [0.29, 0.717) is 17.8 Å². The Morgan fingerprint density at radius 2 is 1.52 bits per heavy atom. The van der Waals surface area contributed by atoms with E-state index in [9.17, 15) is 29.6 Å². The number of benzene rings is 1. The van der Waals surface area contributed by atoms with E-state index in [2.05, 4.69) is 17.0 Å². The predicted octanol–water partition coefficient (Wildman–Crippen LogP) is 6.39. The van der Waals surface area contributed by atoms with Crippen LogP contribution in [0, 0.1) is 5.92 Å². The summed E-state index contributed by atoms with van der Waals surface area (Å²) in [6.45, 7) is 1.54. The standard InChI is InChI=1S/C41H66N5O11P/c1-2-3-4-5-6-7-8-9-10-11-12-13-14-15-16-19-24-53-25-31(26-54-34-21-18-17-20-32(34)40(49)50)27-55-58(51,52)56-28-35-37(47)38(48)41(29-42,57-35)36-23-22-33-39(43)44-30-45-46(33)36/h17-18,20-23,30-31,35,37-38,47-48H,2-16,19,24-29,42H2,1H3,(H,49,50)(H,51,52)(H2,43,44,45)/t31-,35+,37+,38+,41-/m0/s1. The van der Waals surface area contributed by atoms with Crippen LogP contribution in [0.2, 0.25) is 0 Å². The number of unbranched alkanes of at least 4 members (excludes halogenated alkanes) is 15. The molecule has 3 aromatic rings. The number of phosphoric acid groups is 1. The summed E-state index contributed by atoms with van der Waals surface area (Å²) in [5, 5.41) is 35.8. The number of aromatic carboxylic acids is 1. The van der Waals surface area contributed by atoms with E-state index in [1.807, 2.05) is 0 Å². The fourth-order valence-electron chi connectivity index (χ4n) is 7.31. The smallest absolute Gasteiger partial charge is 0.472 e. The minimum Gasteiger partial charge on any atom is -0.492 e. The number of nitrogens with zero attached hydrogens (tertiary/aromatic N) is 3. The van der Waals surface area contributed by atoms with Crippen molar-refractivity contribution in [1.29, 1.82) is 0 Å². The number of hydrogen-bond donors (Lipinski definition) is 6. The first kappa shape index (κ1) is 47.5. The third-order valence-electron chi connectivity index (χ3n) is 10.7. The lowest BCUT2D eigenvalue weighted by molar-refractivity contribution is -0.0949. The lowest BCUT2D eigenvalue weighted by Crippen LogP contribution is -2.47. The fraction of sp³-hybridized carbons (Fsp3) is 0.683. The highest BCUT2D eigenvalue weighted by molar-refractivity contribution is 7.47. The van der Waals surface area contributed by atoms with Crippen LogP contribution in [0.5, 0.6) is 5.75 Å². The summed E-state index contributed by atoms with van der Waals surface area (Å²) in [7, 11) is -4.75. The van der Waals surface area contributed by atoms with Crippen LogP contribution in [-0.2, 0) is 28.7 Å². The first-order valence-corrected chi connectivity index (χ1v) is 22.5. The second-order valence-electron chi connectivity index (χ2n) is 15.3. The molecule has 17 heteroatoms. The second kappa shape index (κ2) is 24.8. The van der Waals surface area contributed by atoms with Crippen LogP contribution >= 0.6 is 7.82 Å². The van der Waals surface area contributed by atoms with Gasteiger partial charge >= 0.3 is 13.8 Å². The van der Waals surface area contributed by atoms with Crippen molar-refractivity contribution in [1.82, 2.24) is 14.6 Å². The van der Waals surface area contributed by atoms with E-state index in [1.165, 1.54) is 106 Å². The van der Waals surface area contributed by atoms with E-state index >= 15 is 0 Å². The molecule has 8 N–H and O–H groups in total. The highest BCUT2D eigenvalue weighted by Gasteiger charge is 2.56. The third-order valence-corrected chi connectivity index (χ3v) is 11.7. The van der Waals surface area contributed by atoms with Gasteiger partial charge in [-0.05, 0) is 30.7 Å². The van der Waals surface area contributed by atoms with Crippen molar-refractivity contribution in [3.05, 3.63) is 54.0 Å². The minimum absolute atomic E-state index is 0.0256. The maximum Gasteiger partial charge on any atom is 0.472 e. The van der Waals surface area contributed by atoms with E-state index in [-0.39, 0.29) is 43.5 Å². The number of phosphoric ester groups is 1. The summed E-state index contributed by atoms with van der Waals surface area (Å²) in [5.74, 6) is -1.41. The van der Waals surface area contributed by atoms with E-state index in [1.54, 1.807) is 24.3 Å². The molecule has 1 unspecified atom stereocenters. The van der Waals surface area contributed by atoms with Crippen molar-refractivity contribution in [2.24, 2.45) is 11.7 Å². The normalized spacial score (nSPS) is 21.0. The number of fused-ring (bicyclic) bond motifs is 1. The third kappa shape index (κ3) is 14.2. The zero-order valence-corrected chi connectivity index (χ0v) is 34.9. The number of anilines is 1. The van der Waals surface area contributed by atoms with Gasteiger partial charge in [0.1, 0.15) is 41.5 Å². The molecule has 1 saturated heterocycles. The molecule has 0 amide bonds. The number of rotatable bonds is 31. The highest BCUT2D eigenvalue weighted by atomic mass is 31.2. The fourth-order valence-corrected chi connectivity index (χ4v) is 8.12. The number of nitrogens with two attached hydrogens (primary N) is 2. The number of para-hydroxylation sites is 1. The minimum atomic E-state index is -4.75. The second-order valence-corrected chi connectivity index (χ2v) is 16.7. The lowest BCUT2D eigenvalue weighted by atomic mass is 9.91. The van der Waals surface area contributed by atoms with Crippen LogP contribution in [0.25, 0.3) is 5.52 Å². The summed E-state index contributed by atoms with van der Waals surface area (Å²) in [5.41, 5.74) is 11.1. The molecule has 3 heterocycles.